The van der Waals surface area contributed by atoms with Gasteiger partial charge in [0.05, 0.1) is 19.4 Å². The second-order valence-electron chi connectivity index (χ2n) is 7.41. The SMILES string of the molecule is CCOc1ccc(CCNC(=S)N2CCN(Cc3cnn(C)c3)CC2)cc1OCC. The summed E-state index contributed by atoms with van der Waals surface area (Å²) in [6, 6.07) is 6.15. The first kappa shape index (κ1) is 22.4. The molecule has 1 aromatic carbocycles. The van der Waals surface area contributed by atoms with Gasteiger partial charge in [0.2, 0.25) is 0 Å². The molecule has 0 aliphatic carbocycles. The Balaban J connectivity index is 1.41. The van der Waals surface area contributed by atoms with Crippen LogP contribution in [0.3, 0.4) is 0 Å². The van der Waals surface area contributed by atoms with E-state index in [1.165, 1.54) is 11.1 Å². The third-order valence-electron chi connectivity index (χ3n) is 5.12. The second-order valence-corrected chi connectivity index (χ2v) is 7.80. The smallest absolute Gasteiger partial charge is 0.169 e. The first-order valence-corrected chi connectivity index (χ1v) is 11.1. The Bertz CT molecular complexity index is 818. The van der Waals surface area contributed by atoms with Gasteiger partial charge in [-0.1, -0.05) is 6.07 Å². The number of hydrogen-bond acceptors (Lipinski definition) is 5. The maximum atomic E-state index is 5.72. The third-order valence-corrected chi connectivity index (χ3v) is 5.52. The number of rotatable bonds is 9. The lowest BCUT2D eigenvalue weighted by atomic mass is 10.1. The fourth-order valence-corrected chi connectivity index (χ4v) is 3.88. The van der Waals surface area contributed by atoms with Crippen molar-refractivity contribution in [1.29, 1.82) is 0 Å². The molecule has 2 heterocycles. The third kappa shape index (κ3) is 6.34. The van der Waals surface area contributed by atoms with Crippen LogP contribution in [-0.2, 0) is 20.0 Å². The molecule has 0 spiro atoms. The van der Waals surface area contributed by atoms with E-state index >= 15 is 0 Å². The molecule has 0 atom stereocenters. The van der Waals surface area contributed by atoms with E-state index in [4.69, 9.17) is 21.7 Å². The highest BCUT2D eigenvalue weighted by atomic mass is 32.1. The molecule has 1 fully saturated rings. The van der Waals surface area contributed by atoms with Gasteiger partial charge in [-0.2, -0.15) is 5.10 Å². The topological polar surface area (TPSA) is 54.8 Å². The van der Waals surface area contributed by atoms with Crippen LogP contribution in [0.5, 0.6) is 11.5 Å². The standard InChI is InChI=1S/C22H33N5O2S/c1-4-28-20-7-6-18(14-21(20)29-5-2)8-9-23-22(30)27-12-10-26(11-13-27)17-19-15-24-25(3)16-19/h6-7,14-16H,4-5,8-13,17H2,1-3H3,(H,23,30). The largest absolute Gasteiger partial charge is 0.490 e. The predicted molar refractivity (Wildman–Crippen MR) is 123 cm³/mol. The lowest BCUT2D eigenvalue weighted by Crippen LogP contribution is -2.51. The summed E-state index contributed by atoms with van der Waals surface area (Å²) in [6.07, 6.45) is 4.90. The van der Waals surface area contributed by atoms with Crippen LogP contribution in [0, 0.1) is 0 Å². The Morgan fingerprint density at radius 1 is 1.07 bits per heavy atom. The Labute approximate surface area is 184 Å². The van der Waals surface area contributed by atoms with Gasteiger partial charge in [-0.25, -0.2) is 0 Å². The van der Waals surface area contributed by atoms with Crippen LogP contribution in [0.15, 0.2) is 30.6 Å². The van der Waals surface area contributed by atoms with E-state index in [0.717, 1.165) is 62.3 Å². The van der Waals surface area contributed by atoms with Crippen LogP contribution >= 0.6 is 12.2 Å². The summed E-state index contributed by atoms with van der Waals surface area (Å²) < 4.78 is 13.2. The lowest BCUT2D eigenvalue weighted by Gasteiger charge is -2.36. The Morgan fingerprint density at radius 3 is 2.47 bits per heavy atom. The number of aromatic nitrogens is 2. The molecule has 7 nitrogen and oxygen atoms in total. The number of thiocarbonyl (C=S) groups is 1. The van der Waals surface area contributed by atoms with Gasteiger partial charge in [0.1, 0.15) is 0 Å². The maximum absolute atomic E-state index is 5.72. The monoisotopic (exact) mass is 431 g/mol. The summed E-state index contributed by atoms with van der Waals surface area (Å²) in [4.78, 5) is 4.71. The number of benzene rings is 1. The van der Waals surface area contributed by atoms with E-state index < -0.39 is 0 Å². The van der Waals surface area contributed by atoms with Crippen molar-refractivity contribution in [2.45, 2.75) is 26.8 Å². The molecule has 0 unspecified atom stereocenters. The molecule has 1 saturated heterocycles. The number of nitrogens with zero attached hydrogens (tertiary/aromatic N) is 4. The highest BCUT2D eigenvalue weighted by molar-refractivity contribution is 7.80. The minimum absolute atomic E-state index is 0.624. The Morgan fingerprint density at radius 2 is 1.80 bits per heavy atom. The molecule has 0 bridgehead atoms. The van der Waals surface area contributed by atoms with E-state index in [-0.39, 0.29) is 0 Å². The zero-order valence-corrected chi connectivity index (χ0v) is 19.1. The van der Waals surface area contributed by atoms with Crippen LogP contribution in [0.25, 0.3) is 0 Å². The average molecular weight is 432 g/mol. The lowest BCUT2D eigenvalue weighted by molar-refractivity contribution is 0.174. The first-order valence-electron chi connectivity index (χ1n) is 10.7. The zero-order chi connectivity index (χ0) is 21.3. The molecular formula is C22H33N5O2S. The number of hydrogen-bond donors (Lipinski definition) is 1. The van der Waals surface area contributed by atoms with Crippen molar-refractivity contribution in [3.05, 3.63) is 41.7 Å². The molecular weight excluding hydrogens is 398 g/mol. The maximum Gasteiger partial charge on any atom is 0.169 e. The summed E-state index contributed by atoms with van der Waals surface area (Å²) in [5, 5.41) is 8.50. The van der Waals surface area contributed by atoms with Crippen molar-refractivity contribution in [2.24, 2.45) is 7.05 Å². The van der Waals surface area contributed by atoms with Crippen LogP contribution in [-0.4, -0.2) is 70.6 Å². The molecule has 1 aromatic heterocycles. The zero-order valence-electron chi connectivity index (χ0n) is 18.3. The first-order chi connectivity index (χ1) is 14.6. The second kappa shape index (κ2) is 11.2. The number of nitrogens with one attached hydrogen (secondary N) is 1. The van der Waals surface area contributed by atoms with E-state index in [2.05, 4.69) is 38.5 Å². The minimum atomic E-state index is 0.624. The number of piperazine rings is 1. The van der Waals surface area contributed by atoms with Crippen molar-refractivity contribution in [2.75, 3.05) is 45.9 Å². The molecule has 3 rings (SSSR count). The van der Waals surface area contributed by atoms with Crippen molar-refractivity contribution in [3.8, 4) is 11.5 Å². The van der Waals surface area contributed by atoms with Crippen molar-refractivity contribution < 1.29 is 9.47 Å². The molecule has 8 heteroatoms. The van der Waals surface area contributed by atoms with Crippen LogP contribution in [0.4, 0.5) is 0 Å². The quantitative estimate of drug-likeness (QED) is 0.612. The van der Waals surface area contributed by atoms with E-state index in [0.29, 0.717) is 13.2 Å². The van der Waals surface area contributed by atoms with Gasteiger partial charge >= 0.3 is 0 Å². The molecule has 0 saturated carbocycles. The minimum Gasteiger partial charge on any atom is -0.490 e. The van der Waals surface area contributed by atoms with Crippen LogP contribution < -0.4 is 14.8 Å². The average Bonchev–Trinajstić information content (AvgIpc) is 3.15. The number of aryl methyl sites for hydroxylation is 1. The van der Waals surface area contributed by atoms with Gasteiger partial charge in [-0.15, -0.1) is 0 Å². The summed E-state index contributed by atoms with van der Waals surface area (Å²) in [6.45, 7) is 10.9. The summed E-state index contributed by atoms with van der Waals surface area (Å²) in [7, 11) is 1.95. The Hall–Kier alpha value is -2.32. The van der Waals surface area contributed by atoms with Gasteiger partial charge < -0.3 is 19.7 Å². The molecule has 1 aliphatic heterocycles. The van der Waals surface area contributed by atoms with E-state index in [1.807, 2.05) is 37.8 Å². The molecule has 1 N–H and O–H groups in total. The van der Waals surface area contributed by atoms with Crippen LogP contribution in [0.2, 0.25) is 0 Å². The fourth-order valence-electron chi connectivity index (χ4n) is 3.60. The van der Waals surface area contributed by atoms with Gasteiger partial charge in [0.25, 0.3) is 0 Å². The van der Waals surface area contributed by atoms with E-state index in [9.17, 15) is 0 Å². The molecule has 164 valence electrons. The van der Waals surface area contributed by atoms with Gasteiger partial charge in [-0.05, 0) is 50.2 Å². The highest BCUT2D eigenvalue weighted by Gasteiger charge is 2.19. The summed E-state index contributed by atoms with van der Waals surface area (Å²) in [5.41, 5.74) is 2.46. The Kier molecular flexibility index (Phi) is 8.33. The van der Waals surface area contributed by atoms with E-state index in [1.54, 1.807) is 0 Å². The predicted octanol–water partition coefficient (Wildman–Crippen LogP) is 2.45. The van der Waals surface area contributed by atoms with Gasteiger partial charge in [-0.3, -0.25) is 9.58 Å². The normalized spacial score (nSPS) is 14.6. The van der Waals surface area contributed by atoms with Crippen molar-refractivity contribution in [1.82, 2.24) is 24.9 Å². The molecule has 0 amide bonds. The van der Waals surface area contributed by atoms with Gasteiger partial charge in [0.15, 0.2) is 16.6 Å². The van der Waals surface area contributed by atoms with Crippen LogP contribution in [0.1, 0.15) is 25.0 Å². The van der Waals surface area contributed by atoms with Crippen molar-refractivity contribution >= 4 is 17.3 Å². The summed E-state index contributed by atoms with van der Waals surface area (Å²) in [5.74, 6) is 1.61. The summed E-state index contributed by atoms with van der Waals surface area (Å²) >= 11 is 5.62. The molecule has 0 radical (unpaired) electrons. The molecule has 30 heavy (non-hydrogen) atoms. The number of ether oxygens (including phenoxy) is 2. The fraction of sp³-hybridized carbons (Fsp3) is 0.545. The molecule has 2 aromatic rings. The highest BCUT2D eigenvalue weighted by Crippen LogP contribution is 2.28. The van der Waals surface area contributed by atoms with Gasteiger partial charge in [0, 0.05) is 58.1 Å². The van der Waals surface area contributed by atoms with Crippen molar-refractivity contribution in [3.63, 3.8) is 0 Å². The molecule has 1 aliphatic rings.